The molecule has 0 N–H and O–H groups in total. The van der Waals surface area contributed by atoms with E-state index in [4.69, 9.17) is 0 Å². The fourth-order valence-corrected chi connectivity index (χ4v) is 2.65. The summed E-state index contributed by atoms with van der Waals surface area (Å²) in [5.74, 6) is 0.227. The molecule has 1 atom stereocenters. The summed E-state index contributed by atoms with van der Waals surface area (Å²) < 4.78 is 0. The highest BCUT2D eigenvalue weighted by molar-refractivity contribution is 5.82. The monoisotopic (exact) mass is 257 g/mol. The largest absolute Gasteiger partial charge is 0.331 e. The van der Waals surface area contributed by atoms with Gasteiger partial charge in [0.25, 0.3) is 0 Å². The third kappa shape index (κ3) is 2.73. The predicted molar refractivity (Wildman–Crippen MR) is 78.9 cm³/mol. The number of hydrogen-bond acceptors (Lipinski definition) is 1. The molecule has 0 fully saturated rings. The highest BCUT2D eigenvalue weighted by Crippen LogP contribution is 2.33. The number of carbonyl (C=O) groups excluding carboxylic acids is 1. The SMILES string of the molecule is C/C=C/[C@H]1c2ccccc2CCN1C(=O)C(C)(C)C. The Balaban J connectivity index is 2.40. The van der Waals surface area contributed by atoms with E-state index in [1.165, 1.54) is 11.1 Å². The Morgan fingerprint density at radius 2 is 2.00 bits per heavy atom. The summed E-state index contributed by atoms with van der Waals surface area (Å²) in [6.07, 6.45) is 5.11. The molecule has 19 heavy (non-hydrogen) atoms. The van der Waals surface area contributed by atoms with Gasteiger partial charge in [0.05, 0.1) is 6.04 Å². The summed E-state index contributed by atoms with van der Waals surface area (Å²) in [7, 11) is 0. The number of benzene rings is 1. The van der Waals surface area contributed by atoms with E-state index in [-0.39, 0.29) is 17.4 Å². The molecule has 102 valence electrons. The summed E-state index contributed by atoms with van der Waals surface area (Å²) in [5, 5.41) is 0. The first-order chi connectivity index (χ1) is 8.95. The lowest BCUT2D eigenvalue weighted by Crippen LogP contribution is -2.44. The molecular formula is C17H23NO. The van der Waals surface area contributed by atoms with Crippen LogP contribution in [0.15, 0.2) is 36.4 Å². The summed E-state index contributed by atoms with van der Waals surface area (Å²) >= 11 is 0. The lowest BCUT2D eigenvalue weighted by atomic mass is 9.88. The van der Waals surface area contributed by atoms with E-state index in [1.807, 2.05) is 38.7 Å². The molecule has 1 aromatic carbocycles. The first-order valence-electron chi connectivity index (χ1n) is 6.97. The first kappa shape index (κ1) is 13.9. The van der Waals surface area contributed by atoms with Crippen LogP contribution in [0.25, 0.3) is 0 Å². The Hall–Kier alpha value is -1.57. The minimum atomic E-state index is -0.327. The average molecular weight is 257 g/mol. The van der Waals surface area contributed by atoms with Gasteiger partial charge in [-0.3, -0.25) is 4.79 Å². The van der Waals surface area contributed by atoms with Gasteiger partial charge >= 0.3 is 0 Å². The summed E-state index contributed by atoms with van der Waals surface area (Å²) in [6.45, 7) is 8.78. The van der Waals surface area contributed by atoms with Crippen molar-refractivity contribution in [3.05, 3.63) is 47.5 Å². The Bertz CT molecular complexity index is 496. The van der Waals surface area contributed by atoms with Gasteiger partial charge in [0.2, 0.25) is 5.91 Å². The molecule has 0 aliphatic carbocycles. The number of hydrogen-bond donors (Lipinski definition) is 0. The molecule has 1 aliphatic rings. The lowest BCUT2D eigenvalue weighted by molar-refractivity contribution is -0.141. The molecular weight excluding hydrogens is 234 g/mol. The van der Waals surface area contributed by atoms with Crippen molar-refractivity contribution in [1.29, 1.82) is 0 Å². The average Bonchev–Trinajstić information content (AvgIpc) is 2.37. The van der Waals surface area contributed by atoms with Gasteiger partial charge in [-0.2, -0.15) is 0 Å². The second-order valence-corrected chi connectivity index (χ2v) is 6.17. The zero-order valence-electron chi connectivity index (χ0n) is 12.3. The van der Waals surface area contributed by atoms with Crippen molar-refractivity contribution in [1.82, 2.24) is 4.90 Å². The maximum Gasteiger partial charge on any atom is 0.228 e. The summed E-state index contributed by atoms with van der Waals surface area (Å²) in [5.41, 5.74) is 2.31. The normalized spacial score (nSPS) is 19.6. The molecule has 1 aromatic rings. The summed E-state index contributed by atoms with van der Waals surface area (Å²) in [6, 6.07) is 8.53. The van der Waals surface area contributed by atoms with Gasteiger partial charge in [0.15, 0.2) is 0 Å². The van der Waals surface area contributed by atoms with Crippen LogP contribution >= 0.6 is 0 Å². The van der Waals surface area contributed by atoms with Crippen LogP contribution in [0.1, 0.15) is 44.9 Å². The summed E-state index contributed by atoms with van der Waals surface area (Å²) in [4.78, 5) is 14.6. The molecule has 0 radical (unpaired) electrons. The fourth-order valence-electron chi connectivity index (χ4n) is 2.65. The second-order valence-electron chi connectivity index (χ2n) is 6.17. The van der Waals surface area contributed by atoms with Crippen LogP contribution in [0.4, 0.5) is 0 Å². The van der Waals surface area contributed by atoms with E-state index < -0.39 is 0 Å². The molecule has 0 aromatic heterocycles. The molecule has 0 spiro atoms. The number of rotatable bonds is 1. The van der Waals surface area contributed by atoms with Crippen LogP contribution in [-0.4, -0.2) is 17.4 Å². The second kappa shape index (κ2) is 5.20. The van der Waals surface area contributed by atoms with Crippen molar-refractivity contribution in [3.63, 3.8) is 0 Å². The standard InChI is InChI=1S/C17H23NO/c1-5-8-15-14-10-7-6-9-13(14)11-12-18(15)16(19)17(2,3)4/h5-10,15H,11-12H2,1-4H3/b8-5+/t15-/m0/s1. The number of nitrogens with zero attached hydrogens (tertiary/aromatic N) is 1. The topological polar surface area (TPSA) is 20.3 Å². The van der Waals surface area contributed by atoms with Crippen molar-refractivity contribution in [3.8, 4) is 0 Å². The molecule has 2 nitrogen and oxygen atoms in total. The number of fused-ring (bicyclic) bond motifs is 1. The molecule has 0 unspecified atom stereocenters. The fraction of sp³-hybridized carbons (Fsp3) is 0.471. The van der Waals surface area contributed by atoms with E-state index in [9.17, 15) is 4.79 Å². The van der Waals surface area contributed by atoms with Gasteiger partial charge in [0, 0.05) is 12.0 Å². The van der Waals surface area contributed by atoms with Gasteiger partial charge in [-0.05, 0) is 24.5 Å². The number of carbonyl (C=O) groups is 1. The van der Waals surface area contributed by atoms with Gasteiger partial charge in [-0.1, -0.05) is 57.2 Å². The molecule has 0 saturated carbocycles. The van der Waals surface area contributed by atoms with Crippen molar-refractivity contribution in [2.45, 2.75) is 40.2 Å². The van der Waals surface area contributed by atoms with Crippen LogP contribution in [0.2, 0.25) is 0 Å². The lowest BCUT2D eigenvalue weighted by Gasteiger charge is -2.39. The van der Waals surface area contributed by atoms with Crippen molar-refractivity contribution >= 4 is 5.91 Å². The first-order valence-corrected chi connectivity index (χ1v) is 6.97. The maximum absolute atomic E-state index is 12.6. The Kier molecular flexibility index (Phi) is 3.79. The zero-order chi connectivity index (χ0) is 14.0. The van der Waals surface area contributed by atoms with Gasteiger partial charge < -0.3 is 4.90 Å². The van der Waals surface area contributed by atoms with E-state index in [0.717, 1.165) is 13.0 Å². The van der Waals surface area contributed by atoms with Gasteiger partial charge in [-0.25, -0.2) is 0 Å². The molecule has 1 heterocycles. The van der Waals surface area contributed by atoms with E-state index in [2.05, 4.69) is 30.3 Å². The number of allylic oxidation sites excluding steroid dienone is 1. The minimum Gasteiger partial charge on any atom is -0.331 e. The van der Waals surface area contributed by atoms with Crippen molar-refractivity contribution in [2.75, 3.05) is 6.54 Å². The van der Waals surface area contributed by atoms with E-state index in [1.54, 1.807) is 0 Å². The maximum atomic E-state index is 12.6. The molecule has 1 aliphatic heterocycles. The highest BCUT2D eigenvalue weighted by atomic mass is 16.2. The Morgan fingerprint density at radius 3 is 2.63 bits per heavy atom. The third-order valence-electron chi connectivity index (χ3n) is 3.61. The van der Waals surface area contributed by atoms with Crippen molar-refractivity contribution < 1.29 is 4.79 Å². The number of amides is 1. The highest BCUT2D eigenvalue weighted by Gasteiger charge is 2.34. The molecule has 0 saturated heterocycles. The Morgan fingerprint density at radius 1 is 1.32 bits per heavy atom. The van der Waals surface area contributed by atoms with Crippen LogP contribution < -0.4 is 0 Å². The van der Waals surface area contributed by atoms with Crippen LogP contribution in [0, 0.1) is 5.41 Å². The van der Waals surface area contributed by atoms with E-state index >= 15 is 0 Å². The minimum absolute atomic E-state index is 0.0849. The van der Waals surface area contributed by atoms with Crippen LogP contribution in [0.3, 0.4) is 0 Å². The smallest absolute Gasteiger partial charge is 0.228 e. The van der Waals surface area contributed by atoms with Crippen LogP contribution in [0.5, 0.6) is 0 Å². The van der Waals surface area contributed by atoms with Gasteiger partial charge in [0.1, 0.15) is 0 Å². The quantitative estimate of drug-likeness (QED) is 0.702. The molecule has 2 heteroatoms. The Labute approximate surface area is 116 Å². The van der Waals surface area contributed by atoms with Crippen molar-refractivity contribution in [2.24, 2.45) is 5.41 Å². The van der Waals surface area contributed by atoms with E-state index in [0.29, 0.717) is 0 Å². The van der Waals surface area contributed by atoms with Crippen LogP contribution in [-0.2, 0) is 11.2 Å². The zero-order valence-corrected chi connectivity index (χ0v) is 12.3. The predicted octanol–water partition coefficient (Wildman–Crippen LogP) is 3.73. The molecule has 2 rings (SSSR count). The molecule has 1 amide bonds. The third-order valence-corrected chi connectivity index (χ3v) is 3.61. The van der Waals surface area contributed by atoms with Gasteiger partial charge in [-0.15, -0.1) is 0 Å². The molecule has 0 bridgehead atoms.